The van der Waals surface area contributed by atoms with Gasteiger partial charge in [0.1, 0.15) is 17.2 Å². The van der Waals surface area contributed by atoms with Crippen LogP contribution in [0.2, 0.25) is 0 Å². The summed E-state index contributed by atoms with van der Waals surface area (Å²) in [5, 5.41) is 4.19. The molecule has 2 heterocycles. The number of aryl methyl sites for hydroxylation is 1. The Balaban J connectivity index is 1.56. The van der Waals surface area contributed by atoms with Crippen molar-refractivity contribution in [2.24, 2.45) is 5.73 Å². The third-order valence-electron chi connectivity index (χ3n) is 7.91. The molecule has 0 aliphatic heterocycles. The van der Waals surface area contributed by atoms with Crippen molar-refractivity contribution in [1.29, 1.82) is 0 Å². The van der Waals surface area contributed by atoms with Gasteiger partial charge in [0.25, 0.3) is 11.8 Å². The van der Waals surface area contributed by atoms with Crippen LogP contribution in [0, 0.1) is 13.8 Å². The summed E-state index contributed by atoms with van der Waals surface area (Å²) >= 11 is 0. The number of benzene rings is 3. The first-order valence-corrected chi connectivity index (χ1v) is 14.5. The summed E-state index contributed by atoms with van der Waals surface area (Å²) < 4.78 is 53.6. The third kappa shape index (κ3) is 6.96. The molecule has 0 aliphatic rings. The fraction of sp³-hybridized carbons (Fsp3) is 0.200. The summed E-state index contributed by atoms with van der Waals surface area (Å²) in [4.78, 5) is 41.7. The summed E-state index contributed by atoms with van der Waals surface area (Å²) in [6.45, 7) is 2.24. The molecule has 3 aromatic carbocycles. The molecule has 0 bridgehead atoms. The van der Waals surface area contributed by atoms with Crippen molar-refractivity contribution < 1.29 is 36.8 Å². The van der Waals surface area contributed by atoms with Crippen LogP contribution < -0.4 is 10.5 Å². The molecule has 242 valence electrons. The van der Waals surface area contributed by atoms with Crippen molar-refractivity contribution in [3.8, 4) is 17.0 Å². The highest BCUT2D eigenvalue weighted by Crippen LogP contribution is 2.33. The van der Waals surface area contributed by atoms with Crippen molar-refractivity contribution in [2.45, 2.75) is 33.1 Å². The van der Waals surface area contributed by atoms with E-state index in [9.17, 15) is 27.6 Å². The number of primary amides is 1. The fourth-order valence-corrected chi connectivity index (χ4v) is 5.40. The Kier molecular flexibility index (Phi) is 9.31. The Labute approximate surface area is 268 Å². The summed E-state index contributed by atoms with van der Waals surface area (Å²) in [5.41, 5.74) is 6.77. The molecule has 12 heteroatoms. The van der Waals surface area contributed by atoms with Crippen molar-refractivity contribution >= 4 is 17.6 Å². The molecule has 0 radical (unpaired) electrons. The summed E-state index contributed by atoms with van der Waals surface area (Å²) in [7, 11) is 1.49. The number of methoxy groups -OCH3 is 1. The fourth-order valence-electron chi connectivity index (χ4n) is 5.40. The second-order valence-corrected chi connectivity index (χ2v) is 10.9. The lowest BCUT2D eigenvalue weighted by Crippen LogP contribution is -2.36. The highest BCUT2D eigenvalue weighted by Gasteiger charge is 2.34. The Morgan fingerprint density at radius 3 is 2.26 bits per heavy atom. The van der Waals surface area contributed by atoms with E-state index in [1.807, 2.05) is 30.3 Å². The molecule has 2 N–H and O–H groups in total. The molecular weight excluding hydrogens is 613 g/mol. The quantitative estimate of drug-likeness (QED) is 0.165. The van der Waals surface area contributed by atoms with E-state index in [1.54, 1.807) is 31.2 Å². The van der Waals surface area contributed by atoms with Gasteiger partial charge in [-0.2, -0.15) is 13.2 Å². The number of amides is 2. The standard InChI is InChI=1S/C35H31F3N4O5/c1-21-27(33(39)44)17-30(42(21)18-25-11-7-8-12-29(25)35(36,37)38)31(43)20-41(34(45)24-13-15-26(46-3)16-14-24)19-28-22(2)47-40-32(28)23-9-5-4-6-10-23/h4-17H,18-20H2,1-3H3,(H2,39,44). The van der Waals surface area contributed by atoms with Crippen LogP contribution >= 0.6 is 0 Å². The first-order valence-electron chi connectivity index (χ1n) is 14.5. The SMILES string of the molecule is COc1ccc(C(=O)N(CC(=O)c2cc(C(N)=O)c(C)n2Cc2ccccc2C(F)(F)F)Cc2c(-c3ccccc3)noc2C)cc1. The Bertz CT molecular complexity index is 1930. The van der Waals surface area contributed by atoms with E-state index in [2.05, 4.69) is 5.16 Å². The van der Waals surface area contributed by atoms with Gasteiger partial charge in [0.05, 0.1) is 37.0 Å². The molecule has 0 atom stereocenters. The van der Waals surface area contributed by atoms with Crippen molar-refractivity contribution in [2.75, 3.05) is 13.7 Å². The number of ether oxygens (including phenoxy) is 1. The van der Waals surface area contributed by atoms with E-state index in [0.29, 0.717) is 22.8 Å². The monoisotopic (exact) mass is 644 g/mol. The maximum atomic E-state index is 14.1. The highest BCUT2D eigenvalue weighted by atomic mass is 19.4. The van der Waals surface area contributed by atoms with Crippen LogP contribution in [0.25, 0.3) is 11.3 Å². The zero-order chi connectivity index (χ0) is 33.9. The molecule has 2 amide bonds. The number of halogens is 3. The van der Waals surface area contributed by atoms with Gasteiger partial charge in [-0.3, -0.25) is 14.4 Å². The molecule has 5 rings (SSSR count). The maximum Gasteiger partial charge on any atom is 0.416 e. The molecule has 2 aromatic heterocycles. The number of ketones is 1. The molecular formula is C35H31F3N4O5. The van der Waals surface area contributed by atoms with Crippen molar-refractivity contribution in [1.82, 2.24) is 14.6 Å². The van der Waals surface area contributed by atoms with Crippen LogP contribution in [0.1, 0.15) is 59.3 Å². The lowest BCUT2D eigenvalue weighted by molar-refractivity contribution is -0.138. The average Bonchev–Trinajstić information content (AvgIpc) is 3.59. The number of aromatic nitrogens is 2. The molecule has 0 unspecified atom stereocenters. The van der Waals surface area contributed by atoms with Gasteiger partial charge in [0.15, 0.2) is 5.78 Å². The molecule has 9 nitrogen and oxygen atoms in total. The van der Waals surface area contributed by atoms with Crippen LogP contribution in [-0.2, 0) is 19.3 Å². The van der Waals surface area contributed by atoms with E-state index in [0.717, 1.165) is 11.6 Å². The van der Waals surface area contributed by atoms with Gasteiger partial charge in [0.2, 0.25) is 0 Å². The normalized spacial score (nSPS) is 11.4. The minimum atomic E-state index is -4.65. The number of carbonyl (C=O) groups excluding carboxylic acids is 3. The molecule has 0 fully saturated rings. The third-order valence-corrected chi connectivity index (χ3v) is 7.91. The van der Waals surface area contributed by atoms with Gasteiger partial charge < -0.3 is 24.5 Å². The Morgan fingerprint density at radius 1 is 0.957 bits per heavy atom. The first kappa shape index (κ1) is 32.7. The Hall–Kier alpha value is -5.65. The van der Waals surface area contributed by atoms with Gasteiger partial charge in [0, 0.05) is 28.9 Å². The summed E-state index contributed by atoms with van der Waals surface area (Å²) in [6, 6.07) is 21.8. The van der Waals surface area contributed by atoms with Crippen LogP contribution in [0.15, 0.2) is 89.5 Å². The maximum absolute atomic E-state index is 14.1. The second-order valence-electron chi connectivity index (χ2n) is 10.9. The number of nitrogens with zero attached hydrogens (tertiary/aromatic N) is 3. The van der Waals surface area contributed by atoms with E-state index in [-0.39, 0.29) is 41.2 Å². The first-order chi connectivity index (χ1) is 22.4. The van der Waals surface area contributed by atoms with E-state index in [1.165, 1.54) is 47.8 Å². The highest BCUT2D eigenvalue weighted by molar-refractivity contribution is 6.04. The Morgan fingerprint density at radius 2 is 1.62 bits per heavy atom. The predicted octanol–water partition coefficient (Wildman–Crippen LogP) is 6.46. The predicted molar refractivity (Wildman–Crippen MR) is 167 cm³/mol. The topological polar surface area (TPSA) is 121 Å². The summed E-state index contributed by atoms with van der Waals surface area (Å²) in [5.74, 6) is -1.02. The molecule has 0 spiro atoms. The number of nitrogens with two attached hydrogens (primary N) is 1. The van der Waals surface area contributed by atoms with Gasteiger partial charge in [-0.25, -0.2) is 0 Å². The minimum Gasteiger partial charge on any atom is -0.497 e. The van der Waals surface area contributed by atoms with Crippen LogP contribution in [0.3, 0.4) is 0 Å². The largest absolute Gasteiger partial charge is 0.497 e. The smallest absolute Gasteiger partial charge is 0.416 e. The summed E-state index contributed by atoms with van der Waals surface area (Å²) in [6.07, 6.45) is -4.65. The number of alkyl halides is 3. The second kappa shape index (κ2) is 13.4. The molecule has 0 saturated carbocycles. The minimum absolute atomic E-state index is 0.0212. The average molecular weight is 645 g/mol. The lowest BCUT2D eigenvalue weighted by Gasteiger charge is -2.23. The molecule has 0 aliphatic carbocycles. The van der Waals surface area contributed by atoms with Gasteiger partial charge in [-0.05, 0) is 55.8 Å². The zero-order valence-corrected chi connectivity index (χ0v) is 25.8. The lowest BCUT2D eigenvalue weighted by atomic mass is 10.0. The van der Waals surface area contributed by atoms with E-state index < -0.39 is 35.9 Å². The van der Waals surface area contributed by atoms with Crippen LogP contribution in [0.5, 0.6) is 5.75 Å². The number of hydrogen-bond donors (Lipinski definition) is 1. The van der Waals surface area contributed by atoms with Gasteiger partial charge >= 0.3 is 6.18 Å². The van der Waals surface area contributed by atoms with E-state index >= 15 is 0 Å². The van der Waals surface area contributed by atoms with Crippen molar-refractivity contribution in [3.05, 3.63) is 130 Å². The van der Waals surface area contributed by atoms with Crippen LogP contribution in [-0.4, -0.2) is 45.9 Å². The van der Waals surface area contributed by atoms with Crippen LogP contribution in [0.4, 0.5) is 13.2 Å². The molecule has 5 aromatic rings. The van der Waals surface area contributed by atoms with E-state index in [4.69, 9.17) is 15.0 Å². The zero-order valence-electron chi connectivity index (χ0n) is 25.8. The number of rotatable bonds is 11. The molecule has 0 saturated heterocycles. The molecule has 47 heavy (non-hydrogen) atoms. The van der Waals surface area contributed by atoms with Gasteiger partial charge in [-0.1, -0.05) is 53.7 Å². The van der Waals surface area contributed by atoms with Crippen molar-refractivity contribution in [3.63, 3.8) is 0 Å². The number of hydrogen-bond acceptors (Lipinski definition) is 6. The van der Waals surface area contributed by atoms with Gasteiger partial charge in [-0.15, -0.1) is 0 Å². The number of carbonyl (C=O) groups is 3. The number of Topliss-reactive ketones (excluding diaryl/α,β-unsaturated/α-hetero) is 1.